The van der Waals surface area contributed by atoms with Gasteiger partial charge in [0.15, 0.2) is 12.4 Å². The quantitative estimate of drug-likeness (QED) is 0.691. The van der Waals surface area contributed by atoms with Crippen molar-refractivity contribution in [2.45, 2.75) is 6.54 Å². The minimum absolute atomic E-state index is 0.0523. The van der Waals surface area contributed by atoms with Gasteiger partial charge in [-0.25, -0.2) is 0 Å². The standard InChI is InChI=1S/C18H19N5O2/c1-23-13-20-22-17(23)11-19-18(24)12-25-16-9-7-15(8-10-16)21-14-5-3-2-4-6-14/h2-10,13,21H,11-12H2,1H3,(H,19,24). The van der Waals surface area contributed by atoms with Crippen molar-refractivity contribution in [3.63, 3.8) is 0 Å². The number of benzene rings is 2. The van der Waals surface area contributed by atoms with E-state index in [2.05, 4.69) is 20.8 Å². The zero-order chi connectivity index (χ0) is 17.5. The van der Waals surface area contributed by atoms with Crippen LogP contribution in [0.1, 0.15) is 5.82 Å². The highest BCUT2D eigenvalue weighted by molar-refractivity contribution is 5.77. The van der Waals surface area contributed by atoms with Crippen molar-refractivity contribution < 1.29 is 9.53 Å². The Labute approximate surface area is 145 Å². The lowest BCUT2D eigenvalue weighted by atomic mass is 10.2. The molecule has 3 aromatic rings. The van der Waals surface area contributed by atoms with Gasteiger partial charge in [0.05, 0.1) is 6.54 Å². The summed E-state index contributed by atoms with van der Waals surface area (Å²) < 4.78 is 7.24. The first-order valence-corrected chi connectivity index (χ1v) is 7.85. The number of hydrogen-bond acceptors (Lipinski definition) is 5. The van der Waals surface area contributed by atoms with Gasteiger partial charge in [-0.05, 0) is 36.4 Å². The van der Waals surface area contributed by atoms with Crippen molar-refractivity contribution in [1.29, 1.82) is 0 Å². The monoisotopic (exact) mass is 337 g/mol. The Hall–Kier alpha value is -3.35. The van der Waals surface area contributed by atoms with Gasteiger partial charge in [0.2, 0.25) is 0 Å². The molecule has 7 heteroatoms. The van der Waals surface area contributed by atoms with E-state index in [1.165, 1.54) is 0 Å². The van der Waals surface area contributed by atoms with Gasteiger partial charge in [0.1, 0.15) is 12.1 Å². The molecule has 128 valence electrons. The second kappa shape index (κ2) is 7.96. The fraction of sp³-hybridized carbons (Fsp3) is 0.167. The molecule has 0 spiro atoms. The maximum Gasteiger partial charge on any atom is 0.258 e. The molecular formula is C18H19N5O2. The molecule has 0 aliphatic rings. The smallest absolute Gasteiger partial charge is 0.258 e. The second-order valence-electron chi connectivity index (χ2n) is 5.44. The van der Waals surface area contributed by atoms with Crippen LogP contribution in [-0.2, 0) is 18.4 Å². The van der Waals surface area contributed by atoms with Gasteiger partial charge in [-0.1, -0.05) is 18.2 Å². The number of rotatable bonds is 7. The normalized spacial score (nSPS) is 10.3. The molecule has 2 N–H and O–H groups in total. The van der Waals surface area contributed by atoms with E-state index >= 15 is 0 Å². The molecule has 0 unspecified atom stereocenters. The molecule has 0 fully saturated rings. The van der Waals surface area contributed by atoms with E-state index in [-0.39, 0.29) is 12.5 Å². The van der Waals surface area contributed by atoms with Crippen molar-refractivity contribution in [3.8, 4) is 5.75 Å². The van der Waals surface area contributed by atoms with Gasteiger partial charge in [-0.2, -0.15) is 0 Å². The van der Waals surface area contributed by atoms with Crippen molar-refractivity contribution in [2.75, 3.05) is 11.9 Å². The molecule has 25 heavy (non-hydrogen) atoms. The number of aryl methyl sites for hydroxylation is 1. The lowest BCUT2D eigenvalue weighted by molar-refractivity contribution is -0.123. The van der Waals surface area contributed by atoms with Crippen molar-refractivity contribution in [3.05, 3.63) is 66.7 Å². The Balaban J connectivity index is 1.45. The van der Waals surface area contributed by atoms with E-state index in [0.29, 0.717) is 18.1 Å². The molecule has 0 bridgehead atoms. The van der Waals surface area contributed by atoms with Crippen LogP contribution in [0.3, 0.4) is 0 Å². The van der Waals surface area contributed by atoms with Crippen molar-refractivity contribution >= 4 is 17.3 Å². The van der Waals surface area contributed by atoms with Crippen LogP contribution in [0.15, 0.2) is 60.9 Å². The lowest BCUT2D eigenvalue weighted by Gasteiger charge is -2.09. The molecule has 7 nitrogen and oxygen atoms in total. The van der Waals surface area contributed by atoms with Crippen molar-refractivity contribution in [2.24, 2.45) is 7.05 Å². The van der Waals surface area contributed by atoms with Gasteiger partial charge in [0, 0.05) is 18.4 Å². The first kappa shape index (κ1) is 16.5. The maximum atomic E-state index is 11.8. The molecule has 0 atom stereocenters. The van der Waals surface area contributed by atoms with Gasteiger partial charge in [-0.3, -0.25) is 4.79 Å². The maximum absolute atomic E-state index is 11.8. The third kappa shape index (κ3) is 4.81. The number of nitrogens with one attached hydrogen (secondary N) is 2. The highest BCUT2D eigenvalue weighted by Crippen LogP contribution is 2.19. The van der Waals surface area contributed by atoms with Crippen LogP contribution in [0.5, 0.6) is 5.75 Å². The lowest BCUT2D eigenvalue weighted by Crippen LogP contribution is -2.29. The van der Waals surface area contributed by atoms with E-state index in [1.807, 2.05) is 61.6 Å². The Morgan fingerprint density at radius 3 is 2.48 bits per heavy atom. The highest BCUT2D eigenvalue weighted by atomic mass is 16.5. The van der Waals surface area contributed by atoms with Crippen LogP contribution in [0.2, 0.25) is 0 Å². The summed E-state index contributed by atoms with van der Waals surface area (Å²) in [6, 6.07) is 17.3. The number of aromatic nitrogens is 3. The average molecular weight is 337 g/mol. The molecular weight excluding hydrogens is 318 g/mol. The summed E-state index contributed by atoms with van der Waals surface area (Å²) in [7, 11) is 1.82. The van der Waals surface area contributed by atoms with Gasteiger partial charge < -0.3 is 19.9 Å². The highest BCUT2D eigenvalue weighted by Gasteiger charge is 2.06. The molecule has 0 radical (unpaired) electrons. The number of ether oxygens (including phenoxy) is 1. The molecule has 2 aromatic carbocycles. The number of hydrogen-bond donors (Lipinski definition) is 2. The summed E-state index contributed by atoms with van der Waals surface area (Å²) in [6.45, 7) is 0.266. The van der Waals surface area contributed by atoms with Gasteiger partial charge in [0.25, 0.3) is 5.91 Å². The Morgan fingerprint density at radius 1 is 1.08 bits per heavy atom. The van der Waals surface area contributed by atoms with Crippen LogP contribution in [0.4, 0.5) is 11.4 Å². The number of carbonyl (C=O) groups is 1. The largest absolute Gasteiger partial charge is 0.484 e. The number of para-hydroxylation sites is 1. The Bertz CT molecular complexity index is 815. The summed E-state index contributed by atoms with van der Waals surface area (Å²) in [5.74, 6) is 1.10. The van der Waals surface area contributed by atoms with Crippen LogP contribution in [0, 0.1) is 0 Å². The molecule has 0 saturated heterocycles. The van der Waals surface area contributed by atoms with Crippen LogP contribution in [0.25, 0.3) is 0 Å². The van der Waals surface area contributed by atoms with E-state index in [4.69, 9.17) is 4.74 Å². The molecule has 0 saturated carbocycles. The summed E-state index contributed by atoms with van der Waals surface area (Å²) >= 11 is 0. The van der Waals surface area contributed by atoms with Gasteiger partial charge in [-0.15, -0.1) is 10.2 Å². The summed E-state index contributed by atoms with van der Waals surface area (Å²) in [5.41, 5.74) is 1.96. The number of carbonyl (C=O) groups excluding carboxylic acids is 1. The molecule has 1 aromatic heterocycles. The van der Waals surface area contributed by atoms with E-state index in [0.717, 1.165) is 11.4 Å². The minimum atomic E-state index is -0.213. The molecule has 1 heterocycles. The predicted molar refractivity (Wildman–Crippen MR) is 94.5 cm³/mol. The predicted octanol–water partition coefficient (Wildman–Crippen LogP) is 2.25. The third-order valence-corrected chi connectivity index (χ3v) is 3.54. The minimum Gasteiger partial charge on any atom is -0.484 e. The summed E-state index contributed by atoms with van der Waals surface area (Å²) in [5, 5.41) is 13.7. The molecule has 0 aliphatic heterocycles. The van der Waals surface area contributed by atoms with Crippen LogP contribution >= 0.6 is 0 Å². The fourth-order valence-corrected chi connectivity index (χ4v) is 2.17. The van der Waals surface area contributed by atoms with Crippen LogP contribution in [-0.4, -0.2) is 27.3 Å². The summed E-state index contributed by atoms with van der Waals surface area (Å²) in [4.78, 5) is 11.8. The first-order chi connectivity index (χ1) is 12.2. The Morgan fingerprint density at radius 2 is 1.80 bits per heavy atom. The SMILES string of the molecule is Cn1cnnc1CNC(=O)COc1ccc(Nc2ccccc2)cc1. The van der Waals surface area contributed by atoms with E-state index in [1.54, 1.807) is 10.9 Å². The first-order valence-electron chi connectivity index (χ1n) is 7.85. The van der Waals surface area contributed by atoms with Crippen LogP contribution < -0.4 is 15.4 Å². The molecule has 0 aliphatic carbocycles. The van der Waals surface area contributed by atoms with E-state index < -0.39 is 0 Å². The zero-order valence-electron chi connectivity index (χ0n) is 13.8. The van der Waals surface area contributed by atoms with E-state index in [9.17, 15) is 4.79 Å². The zero-order valence-corrected chi connectivity index (χ0v) is 13.8. The van der Waals surface area contributed by atoms with Crippen molar-refractivity contribution in [1.82, 2.24) is 20.1 Å². The second-order valence-corrected chi connectivity index (χ2v) is 5.44. The molecule has 1 amide bonds. The fourth-order valence-electron chi connectivity index (χ4n) is 2.17. The van der Waals surface area contributed by atoms with Gasteiger partial charge >= 0.3 is 0 Å². The average Bonchev–Trinajstić information content (AvgIpc) is 3.05. The topological polar surface area (TPSA) is 81.1 Å². The number of nitrogens with zero attached hydrogens (tertiary/aromatic N) is 3. The number of amides is 1. The molecule has 3 rings (SSSR count). The summed E-state index contributed by atoms with van der Waals surface area (Å²) in [6.07, 6.45) is 1.59. The number of anilines is 2. The Kier molecular flexibility index (Phi) is 5.26. The third-order valence-electron chi connectivity index (χ3n) is 3.54.